The van der Waals surface area contributed by atoms with Gasteiger partial charge in [-0.05, 0) is 25.1 Å². The van der Waals surface area contributed by atoms with Crippen LogP contribution in [0.5, 0.6) is 5.75 Å². The van der Waals surface area contributed by atoms with Crippen LogP contribution in [0.1, 0.15) is 17.2 Å². The molecule has 1 aromatic heterocycles. The lowest BCUT2D eigenvalue weighted by Gasteiger charge is -2.19. The quantitative estimate of drug-likeness (QED) is 0.446. The summed E-state index contributed by atoms with van der Waals surface area (Å²) < 4.78 is 10.7. The van der Waals surface area contributed by atoms with E-state index in [9.17, 15) is 4.79 Å². The number of ether oxygens (including phenoxy) is 1. The summed E-state index contributed by atoms with van der Waals surface area (Å²) in [5.74, 6) is 12.5. The number of hydrazine groups is 2. The van der Waals surface area contributed by atoms with Crippen molar-refractivity contribution in [1.82, 2.24) is 10.4 Å². The fourth-order valence-electron chi connectivity index (χ4n) is 1.87. The van der Waals surface area contributed by atoms with Crippen molar-refractivity contribution in [2.24, 2.45) is 11.7 Å². The highest BCUT2D eigenvalue weighted by Crippen LogP contribution is 2.30. The number of nitrogens with one attached hydrogen (secondary N) is 1. The number of methoxy groups -OCH3 is 1. The summed E-state index contributed by atoms with van der Waals surface area (Å²) >= 11 is 0. The predicted octanol–water partition coefficient (Wildman–Crippen LogP) is 1.43. The van der Waals surface area contributed by atoms with E-state index in [0.717, 1.165) is 5.01 Å². The van der Waals surface area contributed by atoms with Gasteiger partial charge >= 0.3 is 6.03 Å². The SMILES string of the molecule is COc1cccc(N(N)C(=O)NN)c1/C=C/c1ncc(C)o1. The normalized spacial score (nSPS) is 10.7. The van der Waals surface area contributed by atoms with Crippen LogP contribution in [0.15, 0.2) is 28.8 Å². The Morgan fingerprint density at radius 2 is 2.23 bits per heavy atom. The van der Waals surface area contributed by atoms with E-state index in [4.69, 9.17) is 20.8 Å². The minimum Gasteiger partial charge on any atom is -0.496 e. The molecule has 5 N–H and O–H groups in total. The van der Waals surface area contributed by atoms with Gasteiger partial charge in [0.05, 0.1) is 19.0 Å². The third kappa shape index (κ3) is 3.25. The predicted molar refractivity (Wildman–Crippen MR) is 82.5 cm³/mol. The highest BCUT2D eigenvalue weighted by molar-refractivity contribution is 5.94. The summed E-state index contributed by atoms with van der Waals surface area (Å²) in [4.78, 5) is 15.7. The van der Waals surface area contributed by atoms with Crippen LogP contribution in [0, 0.1) is 6.92 Å². The number of anilines is 1. The van der Waals surface area contributed by atoms with Crippen molar-refractivity contribution in [3.05, 3.63) is 41.6 Å². The Labute approximate surface area is 127 Å². The largest absolute Gasteiger partial charge is 0.496 e. The summed E-state index contributed by atoms with van der Waals surface area (Å²) in [5.41, 5.74) is 2.98. The average Bonchev–Trinajstić information content (AvgIpc) is 2.96. The van der Waals surface area contributed by atoms with E-state index in [-0.39, 0.29) is 0 Å². The van der Waals surface area contributed by atoms with Gasteiger partial charge in [-0.25, -0.2) is 26.5 Å². The molecule has 0 fully saturated rings. The first-order valence-corrected chi connectivity index (χ1v) is 6.39. The number of aromatic nitrogens is 1. The number of carbonyl (C=O) groups is 1. The zero-order valence-electron chi connectivity index (χ0n) is 12.2. The van der Waals surface area contributed by atoms with Gasteiger partial charge in [0.25, 0.3) is 0 Å². The monoisotopic (exact) mass is 303 g/mol. The van der Waals surface area contributed by atoms with E-state index in [2.05, 4.69) is 4.98 Å². The number of hydrogen-bond acceptors (Lipinski definition) is 6. The maximum absolute atomic E-state index is 11.6. The number of rotatable bonds is 4. The van der Waals surface area contributed by atoms with E-state index < -0.39 is 6.03 Å². The Bertz CT molecular complexity index is 696. The van der Waals surface area contributed by atoms with Crippen molar-refractivity contribution in [2.75, 3.05) is 12.1 Å². The third-order valence-electron chi connectivity index (χ3n) is 2.90. The smallest absolute Gasteiger partial charge is 0.350 e. The van der Waals surface area contributed by atoms with Gasteiger partial charge in [-0.1, -0.05) is 6.07 Å². The van der Waals surface area contributed by atoms with Crippen LogP contribution in [-0.4, -0.2) is 18.1 Å². The first kappa shape index (κ1) is 15.5. The first-order valence-electron chi connectivity index (χ1n) is 6.39. The van der Waals surface area contributed by atoms with Crippen molar-refractivity contribution in [3.63, 3.8) is 0 Å². The number of oxazole rings is 1. The van der Waals surface area contributed by atoms with E-state index in [1.165, 1.54) is 7.11 Å². The summed E-state index contributed by atoms with van der Waals surface area (Å²) in [5, 5.41) is 0.892. The lowest BCUT2D eigenvalue weighted by Crippen LogP contribution is -2.47. The molecule has 0 aliphatic heterocycles. The van der Waals surface area contributed by atoms with E-state index >= 15 is 0 Å². The van der Waals surface area contributed by atoms with Gasteiger partial charge in [-0.2, -0.15) is 0 Å². The topological polar surface area (TPSA) is 120 Å². The molecule has 2 amide bonds. The van der Waals surface area contributed by atoms with Gasteiger partial charge in [0.1, 0.15) is 11.5 Å². The number of aryl methyl sites for hydroxylation is 1. The van der Waals surface area contributed by atoms with Crippen LogP contribution in [0.3, 0.4) is 0 Å². The van der Waals surface area contributed by atoms with Crippen LogP contribution < -0.4 is 26.9 Å². The summed E-state index contributed by atoms with van der Waals surface area (Å²) in [6.45, 7) is 1.80. The van der Waals surface area contributed by atoms with E-state index in [0.29, 0.717) is 28.7 Å². The molecule has 8 nitrogen and oxygen atoms in total. The van der Waals surface area contributed by atoms with E-state index in [1.807, 2.05) is 5.43 Å². The van der Waals surface area contributed by atoms with Crippen LogP contribution in [0.4, 0.5) is 10.5 Å². The van der Waals surface area contributed by atoms with Crippen molar-refractivity contribution < 1.29 is 13.9 Å². The molecule has 0 unspecified atom stereocenters. The second-order valence-electron chi connectivity index (χ2n) is 4.36. The van der Waals surface area contributed by atoms with Crippen molar-refractivity contribution in [1.29, 1.82) is 0 Å². The fourth-order valence-corrected chi connectivity index (χ4v) is 1.87. The Kier molecular flexibility index (Phi) is 4.77. The van der Waals surface area contributed by atoms with Gasteiger partial charge in [-0.15, -0.1) is 0 Å². The van der Waals surface area contributed by atoms with Gasteiger partial charge < -0.3 is 9.15 Å². The highest BCUT2D eigenvalue weighted by atomic mass is 16.5. The number of nitrogens with zero attached hydrogens (tertiary/aromatic N) is 2. The number of benzene rings is 1. The molecule has 0 aliphatic carbocycles. The summed E-state index contributed by atoms with van der Waals surface area (Å²) in [7, 11) is 1.52. The van der Waals surface area contributed by atoms with Crippen molar-refractivity contribution >= 4 is 23.9 Å². The molecule has 0 aliphatic rings. The molecule has 0 bridgehead atoms. The Balaban J connectivity index is 2.43. The molecule has 0 spiro atoms. The second kappa shape index (κ2) is 6.74. The molecule has 1 aromatic carbocycles. The van der Waals surface area contributed by atoms with Crippen LogP contribution in [0.2, 0.25) is 0 Å². The Morgan fingerprint density at radius 3 is 2.82 bits per heavy atom. The molecule has 0 radical (unpaired) electrons. The maximum Gasteiger partial charge on any atom is 0.350 e. The van der Waals surface area contributed by atoms with Gasteiger partial charge in [0, 0.05) is 11.6 Å². The molecule has 22 heavy (non-hydrogen) atoms. The lowest BCUT2D eigenvalue weighted by molar-refractivity contribution is 0.246. The van der Waals surface area contributed by atoms with Gasteiger partial charge in [0.15, 0.2) is 0 Å². The Hall–Kier alpha value is -2.84. The lowest BCUT2D eigenvalue weighted by atomic mass is 10.1. The molecule has 8 heteroatoms. The number of nitrogens with two attached hydrogens (primary N) is 2. The first-order chi connectivity index (χ1) is 10.6. The van der Waals surface area contributed by atoms with E-state index in [1.54, 1.807) is 43.5 Å². The number of hydrogen-bond donors (Lipinski definition) is 3. The van der Waals surface area contributed by atoms with Crippen LogP contribution in [0.25, 0.3) is 12.2 Å². The molecule has 2 aromatic rings. The van der Waals surface area contributed by atoms with Crippen molar-refractivity contribution in [2.45, 2.75) is 6.92 Å². The van der Waals surface area contributed by atoms with Gasteiger partial charge in [-0.3, -0.25) is 5.43 Å². The maximum atomic E-state index is 11.6. The molecular formula is C14H17N5O3. The van der Waals surface area contributed by atoms with Crippen LogP contribution in [-0.2, 0) is 0 Å². The van der Waals surface area contributed by atoms with Crippen LogP contribution >= 0.6 is 0 Å². The molecule has 0 atom stereocenters. The minimum absolute atomic E-state index is 0.418. The molecule has 1 heterocycles. The summed E-state index contributed by atoms with van der Waals surface area (Å²) in [6, 6.07) is 4.47. The standard InChI is InChI=1S/C14H17N5O3/c1-9-8-17-13(22-9)7-6-10-11(19(16)14(20)18-15)4-3-5-12(10)21-2/h3-8H,15-16H2,1-2H3,(H,18,20)/b7-6+. The average molecular weight is 303 g/mol. The zero-order chi connectivity index (χ0) is 16.1. The number of carbonyl (C=O) groups excluding carboxylic acids is 1. The highest BCUT2D eigenvalue weighted by Gasteiger charge is 2.16. The Morgan fingerprint density at radius 1 is 1.45 bits per heavy atom. The number of urea groups is 1. The molecule has 116 valence electrons. The minimum atomic E-state index is -0.658. The number of amides is 2. The zero-order valence-corrected chi connectivity index (χ0v) is 12.2. The second-order valence-corrected chi connectivity index (χ2v) is 4.36. The summed E-state index contributed by atoms with van der Waals surface area (Å²) in [6.07, 6.45) is 4.96. The van der Waals surface area contributed by atoms with Crippen molar-refractivity contribution in [3.8, 4) is 5.75 Å². The molecule has 2 rings (SSSR count). The molecule has 0 saturated carbocycles. The molecular weight excluding hydrogens is 286 g/mol. The third-order valence-corrected chi connectivity index (χ3v) is 2.90. The fraction of sp³-hybridized carbons (Fsp3) is 0.143. The van der Waals surface area contributed by atoms with Gasteiger partial charge in [0.2, 0.25) is 5.89 Å². The molecule has 0 saturated heterocycles.